The monoisotopic (exact) mass is 217 g/mol. The lowest BCUT2D eigenvalue weighted by Gasteiger charge is -2.24. The minimum atomic E-state index is 0.372. The van der Waals surface area contributed by atoms with Gasteiger partial charge in [-0.05, 0) is 25.7 Å². The first kappa shape index (κ1) is 9.72. The van der Waals surface area contributed by atoms with E-state index in [2.05, 4.69) is 15.2 Å². The zero-order valence-electron chi connectivity index (χ0n) is 9.08. The quantitative estimate of drug-likeness (QED) is 0.776. The Balaban J connectivity index is 1.94. The first-order valence-electron chi connectivity index (χ1n) is 5.75. The van der Waals surface area contributed by atoms with Crippen molar-refractivity contribution in [2.75, 3.05) is 0 Å². The lowest BCUT2D eigenvalue weighted by atomic mass is 9.86. The molecule has 1 aliphatic carbocycles. The van der Waals surface area contributed by atoms with Crippen molar-refractivity contribution >= 4 is 5.65 Å². The van der Waals surface area contributed by atoms with Crippen LogP contribution in [0.3, 0.4) is 0 Å². The van der Waals surface area contributed by atoms with Crippen LogP contribution in [0.4, 0.5) is 0 Å². The van der Waals surface area contributed by atoms with E-state index in [9.17, 15) is 0 Å². The van der Waals surface area contributed by atoms with Gasteiger partial charge in [0, 0.05) is 24.4 Å². The molecule has 2 aromatic heterocycles. The second-order valence-corrected chi connectivity index (χ2v) is 4.47. The number of nitrogens with two attached hydrogens (primary N) is 1. The summed E-state index contributed by atoms with van der Waals surface area (Å²) in [5, 5.41) is 8.41. The molecule has 0 saturated heterocycles. The van der Waals surface area contributed by atoms with Crippen molar-refractivity contribution in [2.45, 2.75) is 37.6 Å². The molecule has 0 radical (unpaired) electrons. The van der Waals surface area contributed by atoms with Gasteiger partial charge in [-0.25, -0.2) is 0 Å². The third-order valence-corrected chi connectivity index (χ3v) is 3.38. The highest BCUT2D eigenvalue weighted by atomic mass is 15.3. The molecule has 0 aromatic carbocycles. The van der Waals surface area contributed by atoms with E-state index in [1.807, 2.05) is 10.6 Å². The summed E-state index contributed by atoms with van der Waals surface area (Å²) in [6, 6.07) is 0.372. The van der Waals surface area contributed by atoms with Gasteiger partial charge < -0.3 is 5.73 Å². The van der Waals surface area contributed by atoms with Crippen molar-refractivity contribution < 1.29 is 0 Å². The van der Waals surface area contributed by atoms with E-state index in [-0.39, 0.29) is 0 Å². The highest BCUT2D eigenvalue weighted by Crippen LogP contribution is 2.31. The first-order chi connectivity index (χ1) is 7.84. The zero-order chi connectivity index (χ0) is 11.0. The summed E-state index contributed by atoms with van der Waals surface area (Å²) in [5.41, 5.74) is 6.74. The average molecular weight is 217 g/mol. The van der Waals surface area contributed by atoms with Gasteiger partial charge >= 0.3 is 0 Å². The largest absolute Gasteiger partial charge is 0.328 e. The molecule has 1 saturated carbocycles. The predicted octanol–water partition coefficient (Wildman–Crippen LogP) is 1.11. The van der Waals surface area contributed by atoms with Crippen molar-refractivity contribution in [1.82, 2.24) is 19.6 Å². The normalized spacial score (nSPS) is 26.1. The number of hydrogen-bond donors (Lipinski definition) is 1. The Morgan fingerprint density at radius 1 is 1.19 bits per heavy atom. The number of rotatable bonds is 1. The van der Waals surface area contributed by atoms with Crippen LogP contribution in [-0.4, -0.2) is 25.6 Å². The summed E-state index contributed by atoms with van der Waals surface area (Å²) in [6.45, 7) is 0. The molecule has 0 aliphatic heterocycles. The predicted molar refractivity (Wildman–Crippen MR) is 60.0 cm³/mol. The van der Waals surface area contributed by atoms with Crippen LogP contribution in [0.15, 0.2) is 18.6 Å². The van der Waals surface area contributed by atoms with Gasteiger partial charge in [0.25, 0.3) is 0 Å². The molecule has 0 spiro atoms. The number of hydrogen-bond acceptors (Lipinski definition) is 4. The fourth-order valence-electron chi connectivity index (χ4n) is 2.43. The summed E-state index contributed by atoms with van der Waals surface area (Å²) in [5.74, 6) is 1.56. The van der Waals surface area contributed by atoms with E-state index < -0.39 is 0 Å². The molecule has 0 atom stereocenters. The van der Waals surface area contributed by atoms with Crippen LogP contribution in [0.2, 0.25) is 0 Å². The van der Waals surface area contributed by atoms with Crippen molar-refractivity contribution in [3.05, 3.63) is 24.4 Å². The standard InChI is InChI=1S/C11H15N5/c12-9-3-1-8(2-4-9)11-15-14-10-7-13-5-6-16(10)11/h5-9H,1-4,12H2. The summed E-state index contributed by atoms with van der Waals surface area (Å²) >= 11 is 0. The van der Waals surface area contributed by atoms with Crippen LogP contribution < -0.4 is 5.73 Å². The van der Waals surface area contributed by atoms with Gasteiger partial charge in [-0.3, -0.25) is 9.38 Å². The van der Waals surface area contributed by atoms with Crippen LogP contribution in [0.1, 0.15) is 37.4 Å². The second kappa shape index (κ2) is 3.83. The summed E-state index contributed by atoms with van der Waals surface area (Å²) in [7, 11) is 0. The summed E-state index contributed by atoms with van der Waals surface area (Å²) < 4.78 is 2.04. The highest BCUT2D eigenvalue weighted by Gasteiger charge is 2.23. The summed E-state index contributed by atoms with van der Waals surface area (Å²) in [4.78, 5) is 4.04. The van der Waals surface area contributed by atoms with Crippen LogP contribution in [0.25, 0.3) is 5.65 Å². The molecule has 0 amide bonds. The van der Waals surface area contributed by atoms with E-state index >= 15 is 0 Å². The molecule has 0 bridgehead atoms. The van der Waals surface area contributed by atoms with Crippen molar-refractivity contribution in [3.8, 4) is 0 Å². The van der Waals surface area contributed by atoms with Gasteiger partial charge in [0.2, 0.25) is 0 Å². The van der Waals surface area contributed by atoms with Gasteiger partial charge in [-0.15, -0.1) is 10.2 Å². The topological polar surface area (TPSA) is 69.1 Å². The molecule has 84 valence electrons. The van der Waals surface area contributed by atoms with Crippen LogP contribution in [-0.2, 0) is 0 Å². The van der Waals surface area contributed by atoms with Gasteiger partial charge in [0.15, 0.2) is 5.65 Å². The molecule has 16 heavy (non-hydrogen) atoms. The Bertz CT molecular complexity index is 484. The van der Waals surface area contributed by atoms with Gasteiger partial charge in [0.1, 0.15) is 5.82 Å². The Morgan fingerprint density at radius 2 is 2.00 bits per heavy atom. The van der Waals surface area contributed by atoms with E-state index in [4.69, 9.17) is 5.73 Å². The smallest absolute Gasteiger partial charge is 0.179 e. The molecule has 2 heterocycles. The van der Waals surface area contributed by atoms with Crippen LogP contribution in [0.5, 0.6) is 0 Å². The number of fused-ring (bicyclic) bond motifs is 1. The van der Waals surface area contributed by atoms with E-state index in [1.165, 1.54) is 0 Å². The Kier molecular flexibility index (Phi) is 2.32. The summed E-state index contributed by atoms with van der Waals surface area (Å²) in [6.07, 6.45) is 9.85. The maximum Gasteiger partial charge on any atom is 0.179 e. The Labute approximate surface area is 93.7 Å². The molecule has 2 N–H and O–H groups in total. The third kappa shape index (κ3) is 1.57. The van der Waals surface area contributed by atoms with Crippen molar-refractivity contribution in [3.63, 3.8) is 0 Å². The fraction of sp³-hybridized carbons (Fsp3) is 0.545. The lowest BCUT2D eigenvalue weighted by molar-refractivity contribution is 0.383. The second-order valence-electron chi connectivity index (χ2n) is 4.47. The SMILES string of the molecule is NC1CCC(c2nnc3cnccn23)CC1. The van der Waals surface area contributed by atoms with Crippen LogP contribution >= 0.6 is 0 Å². The molecular weight excluding hydrogens is 202 g/mol. The van der Waals surface area contributed by atoms with E-state index in [1.54, 1.807) is 12.4 Å². The minimum absolute atomic E-state index is 0.372. The van der Waals surface area contributed by atoms with E-state index in [0.717, 1.165) is 37.2 Å². The molecule has 5 heteroatoms. The molecule has 1 fully saturated rings. The fourth-order valence-corrected chi connectivity index (χ4v) is 2.43. The minimum Gasteiger partial charge on any atom is -0.328 e. The Hall–Kier alpha value is -1.49. The van der Waals surface area contributed by atoms with Crippen molar-refractivity contribution in [1.29, 1.82) is 0 Å². The van der Waals surface area contributed by atoms with Gasteiger partial charge in [-0.2, -0.15) is 0 Å². The Morgan fingerprint density at radius 3 is 2.81 bits per heavy atom. The van der Waals surface area contributed by atoms with Crippen molar-refractivity contribution in [2.24, 2.45) is 5.73 Å². The van der Waals surface area contributed by atoms with Gasteiger partial charge in [0.05, 0.1) is 6.20 Å². The van der Waals surface area contributed by atoms with Crippen LogP contribution in [0, 0.1) is 0 Å². The van der Waals surface area contributed by atoms with E-state index in [0.29, 0.717) is 12.0 Å². The number of aromatic nitrogens is 4. The molecular formula is C11H15N5. The maximum atomic E-state index is 5.91. The van der Waals surface area contributed by atoms with Gasteiger partial charge in [-0.1, -0.05) is 0 Å². The average Bonchev–Trinajstić information content (AvgIpc) is 2.74. The molecule has 5 nitrogen and oxygen atoms in total. The number of nitrogens with zero attached hydrogens (tertiary/aromatic N) is 4. The molecule has 1 aliphatic rings. The zero-order valence-corrected chi connectivity index (χ0v) is 9.08. The third-order valence-electron chi connectivity index (χ3n) is 3.38. The molecule has 3 rings (SSSR count). The molecule has 0 unspecified atom stereocenters. The maximum absolute atomic E-state index is 5.91. The molecule has 2 aromatic rings. The highest BCUT2D eigenvalue weighted by molar-refractivity contribution is 5.34. The first-order valence-corrected chi connectivity index (χ1v) is 5.75. The lowest BCUT2D eigenvalue weighted by Crippen LogP contribution is -2.26.